The first-order chi connectivity index (χ1) is 15.7. The van der Waals surface area contributed by atoms with Gasteiger partial charge in [0.15, 0.2) is 0 Å². The van der Waals surface area contributed by atoms with Crippen LogP contribution in [0.5, 0.6) is 0 Å². The van der Waals surface area contributed by atoms with Crippen LogP contribution in [-0.2, 0) is 14.8 Å². The van der Waals surface area contributed by atoms with Crippen molar-refractivity contribution in [3.63, 3.8) is 0 Å². The number of hydrogen-bond donors (Lipinski definition) is 1. The number of nitrogens with zero attached hydrogens (tertiary/aromatic N) is 1. The number of carbonyl (C=O) groups is 1. The van der Waals surface area contributed by atoms with Crippen LogP contribution in [-0.4, -0.2) is 23.8 Å². The Labute approximate surface area is 195 Å². The second-order valence-electron chi connectivity index (χ2n) is 8.59. The highest BCUT2D eigenvalue weighted by atomic mass is 32.2. The van der Waals surface area contributed by atoms with Crippen molar-refractivity contribution in [2.75, 3.05) is 0 Å². The number of carboxylic acid groups (broad SMARTS) is 1. The van der Waals surface area contributed by atoms with Crippen molar-refractivity contribution in [1.29, 1.82) is 0 Å². The third kappa shape index (κ3) is 4.49. The molecule has 2 atom stereocenters. The Balaban J connectivity index is 1.97. The molecule has 0 fully saturated rings. The van der Waals surface area contributed by atoms with Crippen LogP contribution in [0.1, 0.15) is 46.3 Å². The second kappa shape index (κ2) is 8.96. The first-order valence-electron chi connectivity index (χ1n) is 10.8. The first kappa shape index (κ1) is 23.0. The Hall–Kier alpha value is -3.22. The number of carboxylic acids is 1. The smallest absolute Gasteiger partial charge is 0.333 e. The second-order valence-corrected chi connectivity index (χ2v) is 10.4. The van der Waals surface area contributed by atoms with Crippen LogP contribution in [0.2, 0.25) is 0 Å². The van der Waals surface area contributed by atoms with Crippen molar-refractivity contribution in [3.8, 4) is 0 Å². The Kier molecular flexibility index (Phi) is 6.23. The maximum Gasteiger partial charge on any atom is 0.333 e. The molecule has 0 bridgehead atoms. The number of aryl methyl sites for hydroxylation is 3. The van der Waals surface area contributed by atoms with Gasteiger partial charge in [-0.3, -0.25) is 0 Å². The van der Waals surface area contributed by atoms with Gasteiger partial charge in [-0.05, 0) is 50.5 Å². The summed E-state index contributed by atoms with van der Waals surface area (Å²) >= 11 is 0. The molecular formula is C27H27NO4S. The topological polar surface area (TPSA) is 74.7 Å². The molecule has 0 unspecified atom stereocenters. The molecule has 6 heteroatoms. The predicted molar refractivity (Wildman–Crippen MR) is 128 cm³/mol. The molecule has 1 heterocycles. The van der Waals surface area contributed by atoms with Crippen LogP contribution in [0.25, 0.3) is 0 Å². The normalized spacial score (nSPS) is 19.2. The Morgan fingerprint density at radius 1 is 0.848 bits per heavy atom. The van der Waals surface area contributed by atoms with E-state index >= 15 is 0 Å². The van der Waals surface area contributed by atoms with Gasteiger partial charge in [-0.15, -0.1) is 0 Å². The largest absolute Gasteiger partial charge is 0.478 e. The summed E-state index contributed by atoms with van der Waals surface area (Å²) in [6, 6.07) is 20.3. The molecule has 0 saturated carbocycles. The summed E-state index contributed by atoms with van der Waals surface area (Å²) in [4.78, 5) is 12.4. The molecular weight excluding hydrogens is 434 g/mol. The van der Waals surface area contributed by atoms with Crippen LogP contribution >= 0.6 is 0 Å². The quantitative estimate of drug-likeness (QED) is 0.544. The lowest BCUT2D eigenvalue weighted by molar-refractivity contribution is -0.133. The zero-order chi connectivity index (χ0) is 23.8. The fourth-order valence-electron chi connectivity index (χ4n) is 4.35. The van der Waals surface area contributed by atoms with E-state index in [0.29, 0.717) is 5.56 Å². The fraction of sp³-hybridized carbons (Fsp3) is 0.222. The van der Waals surface area contributed by atoms with Gasteiger partial charge < -0.3 is 5.11 Å². The van der Waals surface area contributed by atoms with Crippen LogP contribution in [0.3, 0.4) is 0 Å². The van der Waals surface area contributed by atoms with Gasteiger partial charge in [-0.25, -0.2) is 13.2 Å². The molecule has 0 saturated heterocycles. The number of benzene rings is 3. The van der Waals surface area contributed by atoms with Gasteiger partial charge >= 0.3 is 5.97 Å². The molecule has 0 radical (unpaired) electrons. The van der Waals surface area contributed by atoms with Crippen molar-refractivity contribution in [2.24, 2.45) is 0 Å². The van der Waals surface area contributed by atoms with Crippen LogP contribution in [0.4, 0.5) is 0 Å². The van der Waals surface area contributed by atoms with E-state index < -0.39 is 28.1 Å². The van der Waals surface area contributed by atoms with E-state index in [4.69, 9.17) is 0 Å². The molecule has 1 aliphatic rings. The number of rotatable bonds is 5. The van der Waals surface area contributed by atoms with E-state index in [1.807, 2.05) is 69.3 Å². The third-order valence-electron chi connectivity index (χ3n) is 6.08. The maximum atomic E-state index is 14.1. The minimum Gasteiger partial charge on any atom is -0.478 e. The van der Waals surface area contributed by atoms with Crippen molar-refractivity contribution < 1.29 is 18.3 Å². The highest BCUT2D eigenvalue weighted by Crippen LogP contribution is 2.45. The van der Waals surface area contributed by atoms with Crippen molar-refractivity contribution in [3.05, 3.63) is 112 Å². The molecule has 33 heavy (non-hydrogen) atoms. The third-order valence-corrected chi connectivity index (χ3v) is 7.97. The fourth-order valence-corrected chi connectivity index (χ4v) is 6.13. The van der Waals surface area contributed by atoms with E-state index in [9.17, 15) is 18.3 Å². The van der Waals surface area contributed by atoms with Crippen molar-refractivity contribution in [1.82, 2.24) is 4.31 Å². The van der Waals surface area contributed by atoms with E-state index in [1.165, 1.54) is 4.31 Å². The van der Waals surface area contributed by atoms with Crippen LogP contribution < -0.4 is 0 Å². The van der Waals surface area contributed by atoms with Gasteiger partial charge in [0, 0.05) is 0 Å². The summed E-state index contributed by atoms with van der Waals surface area (Å²) in [7, 11) is -4.03. The molecule has 1 aliphatic heterocycles. The molecule has 0 aliphatic carbocycles. The van der Waals surface area contributed by atoms with Gasteiger partial charge in [0.2, 0.25) is 10.0 Å². The highest BCUT2D eigenvalue weighted by Gasteiger charge is 2.44. The summed E-state index contributed by atoms with van der Waals surface area (Å²) < 4.78 is 29.6. The SMILES string of the molecule is Cc1ccc([C@H]2C(C(=O)O)=CC[C@@H](c3cccc(C)c3)N2S(=O)(=O)c2ccc(C)cc2)cc1. The summed E-state index contributed by atoms with van der Waals surface area (Å²) in [5.74, 6) is -1.12. The zero-order valence-electron chi connectivity index (χ0n) is 18.9. The van der Waals surface area contributed by atoms with E-state index in [2.05, 4.69) is 0 Å². The Morgan fingerprint density at radius 3 is 2.03 bits per heavy atom. The van der Waals surface area contributed by atoms with E-state index in [0.717, 1.165) is 22.3 Å². The lowest BCUT2D eigenvalue weighted by Crippen LogP contribution is -2.42. The van der Waals surface area contributed by atoms with E-state index in [-0.39, 0.29) is 16.9 Å². The summed E-state index contributed by atoms with van der Waals surface area (Å²) in [5, 5.41) is 10.0. The monoisotopic (exact) mass is 461 g/mol. The number of sulfonamides is 1. The van der Waals surface area contributed by atoms with Crippen LogP contribution in [0.15, 0.2) is 89.3 Å². The van der Waals surface area contributed by atoms with E-state index in [1.54, 1.807) is 30.3 Å². The zero-order valence-corrected chi connectivity index (χ0v) is 19.7. The Morgan fingerprint density at radius 2 is 1.45 bits per heavy atom. The average Bonchev–Trinajstić information content (AvgIpc) is 2.79. The predicted octanol–water partition coefficient (Wildman–Crippen LogP) is 5.50. The summed E-state index contributed by atoms with van der Waals surface area (Å²) in [6.07, 6.45) is 1.94. The number of aliphatic carboxylic acids is 1. The molecule has 0 aromatic heterocycles. The molecule has 0 spiro atoms. The highest BCUT2D eigenvalue weighted by molar-refractivity contribution is 7.89. The molecule has 4 rings (SSSR count). The van der Waals surface area contributed by atoms with Crippen LogP contribution in [0, 0.1) is 20.8 Å². The van der Waals surface area contributed by atoms with Crippen molar-refractivity contribution in [2.45, 2.75) is 44.2 Å². The molecule has 3 aromatic rings. The molecule has 1 N–H and O–H groups in total. The average molecular weight is 462 g/mol. The van der Waals surface area contributed by atoms with Crippen molar-refractivity contribution >= 4 is 16.0 Å². The number of hydrogen-bond acceptors (Lipinski definition) is 3. The van der Waals surface area contributed by atoms with Gasteiger partial charge in [0.1, 0.15) is 0 Å². The van der Waals surface area contributed by atoms with Gasteiger partial charge in [0.25, 0.3) is 0 Å². The molecule has 5 nitrogen and oxygen atoms in total. The minimum absolute atomic E-state index is 0.0680. The molecule has 3 aromatic carbocycles. The van der Waals surface area contributed by atoms with Gasteiger partial charge in [-0.2, -0.15) is 4.31 Å². The lowest BCUT2D eigenvalue weighted by Gasteiger charge is -2.40. The first-order valence-corrected chi connectivity index (χ1v) is 12.3. The van der Waals surface area contributed by atoms with Gasteiger partial charge in [0.05, 0.1) is 22.6 Å². The molecule has 0 amide bonds. The minimum atomic E-state index is -4.03. The summed E-state index contributed by atoms with van der Waals surface area (Å²) in [5.41, 5.74) is 4.51. The molecule has 170 valence electrons. The Bertz CT molecular complexity index is 1310. The summed E-state index contributed by atoms with van der Waals surface area (Å²) in [6.45, 7) is 5.79. The standard InChI is InChI=1S/C27H27NO4S/c1-18-7-11-21(12-8-18)26-24(27(29)30)15-16-25(22-6-4-5-20(3)17-22)28(26)33(31,32)23-13-9-19(2)10-14-23/h4-15,17,25-26H,16H2,1-3H3,(H,29,30)/t25-,26-/m0/s1. The maximum absolute atomic E-state index is 14.1. The lowest BCUT2D eigenvalue weighted by atomic mass is 9.89. The van der Waals surface area contributed by atoms with Gasteiger partial charge in [-0.1, -0.05) is 83.4 Å².